The Bertz CT molecular complexity index is 774. The van der Waals surface area contributed by atoms with E-state index in [0.717, 1.165) is 16.7 Å². The van der Waals surface area contributed by atoms with Crippen molar-refractivity contribution in [3.8, 4) is 0 Å². The van der Waals surface area contributed by atoms with Crippen molar-refractivity contribution in [3.63, 3.8) is 0 Å². The summed E-state index contributed by atoms with van der Waals surface area (Å²) in [5.74, 6) is -0.0757. The summed E-state index contributed by atoms with van der Waals surface area (Å²) in [4.78, 5) is 14.5. The van der Waals surface area contributed by atoms with Crippen LogP contribution in [0.3, 0.4) is 0 Å². The predicted octanol–water partition coefficient (Wildman–Crippen LogP) is 3.86. The number of carbonyl (C=O) groups is 1. The quantitative estimate of drug-likeness (QED) is 0.863. The number of cyclic esters (lactones) is 1. The van der Waals surface area contributed by atoms with Crippen molar-refractivity contribution in [1.82, 2.24) is 4.90 Å². The topological polar surface area (TPSA) is 49.8 Å². The van der Waals surface area contributed by atoms with Crippen molar-refractivity contribution in [1.29, 1.82) is 0 Å². The molecule has 0 spiro atoms. The smallest absolute Gasteiger partial charge is 0.411 e. The number of benzene rings is 2. The largest absolute Gasteiger partial charge is 0.439 e. The fraction of sp³-hybridized carbons (Fsp3) is 0.286. The molecule has 4 nitrogen and oxygen atoms in total. The summed E-state index contributed by atoms with van der Waals surface area (Å²) in [5.41, 5.74) is 3.01. The summed E-state index contributed by atoms with van der Waals surface area (Å²) >= 11 is 0. The van der Waals surface area contributed by atoms with Gasteiger partial charge in [0.1, 0.15) is 6.04 Å². The zero-order valence-corrected chi connectivity index (χ0v) is 13.9. The number of hydrogen-bond acceptors (Lipinski definition) is 3. The summed E-state index contributed by atoms with van der Waals surface area (Å²) < 4.78 is 5.79. The Balaban J connectivity index is 1.75. The highest BCUT2D eigenvalue weighted by molar-refractivity contribution is 5.72. The Morgan fingerprint density at radius 3 is 2.20 bits per heavy atom. The highest BCUT2D eigenvalue weighted by Gasteiger charge is 2.51. The van der Waals surface area contributed by atoms with Gasteiger partial charge in [-0.2, -0.15) is 0 Å². The van der Waals surface area contributed by atoms with Crippen LogP contribution in [-0.2, 0) is 4.74 Å². The first-order valence-electron chi connectivity index (χ1n) is 8.58. The standard InChI is InChI=1S/C21H21NO3/c1-14-12-18(17(14)13-23)22-19(15-8-4-2-5-9-15)20(25-21(22)24)16-10-6-3-7-11-16/h2-11,17-20,23H,1,12-13H2/t17-,18-,19-,20+/m1/s1. The van der Waals surface area contributed by atoms with Crippen LogP contribution in [-0.4, -0.2) is 28.7 Å². The molecule has 2 fully saturated rings. The van der Waals surface area contributed by atoms with E-state index in [9.17, 15) is 9.90 Å². The van der Waals surface area contributed by atoms with Gasteiger partial charge in [0.15, 0.2) is 6.10 Å². The molecule has 0 bridgehead atoms. The summed E-state index contributed by atoms with van der Waals surface area (Å²) in [6, 6.07) is 19.5. The predicted molar refractivity (Wildman–Crippen MR) is 94.8 cm³/mol. The molecule has 1 saturated heterocycles. The fourth-order valence-electron chi connectivity index (χ4n) is 3.93. The lowest BCUT2D eigenvalue weighted by Gasteiger charge is -2.45. The Morgan fingerprint density at radius 2 is 1.64 bits per heavy atom. The van der Waals surface area contributed by atoms with Crippen molar-refractivity contribution in [2.45, 2.75) is 24.6 Å². The zero-order chi connectivity index (χ0) is 17.4. The van der Waals surface area contributed by atoms with Gasteiger partial charge in [-0.1, -0.05) is 72.8 Å². The summed E-state index contributed by atoms with van der Waals surface area (Å²) in [6.45, 7) is 4.00. The van der Waals surface area contributed by atoms with Gasteiger partial charge in [0.25, 0.3) is 0 Å². The molecular weight excluding hydrogens is 314 g/mol. The maximum Gasteiger partial charge on any atom is 0.411 e. The van der Waals surface area contributed by atoms with E-state index in [1.807, 2.05) is 65.6 Å². The molecule has 4 rings (SSSR count). The lowest BCUT2D eigenvalue weighted by atomic mass is 9.74. The number of nitrogens with zero attached hydrogens (tertiary/aromatic N) is 1. The number of amides is 1. The molecule has 2 aliphatic rings. The van der Waals surface area contributed by atoms with Gasteiger partial charge in [0.05, 0.1) is 6.61 Å². The summed E-state index contributed by atoms with van der Waals surface area (Å²) in [7, 11) is 0. The van der Waals surface area contributed by atoms with Crippen LogP contribution in [0.15, 0.2) is 72.8 Å². The molecule has 25 heavy (non-hydrogen) atoms. The minimum atomic E-state index is -0.357. The Hall–Kier alpha value is -2.59. The normalized spacial score (nSPS) is 28.6. The van der Waals surface area contributed by atoms with Gasteiger partial charge in [-0.3, -0.25) is 4.90 Å². The summed E-state index contributed by atoms with van der Waals surface area (Å²) in [6.07, 6.45) is 0.0357. The van der Waals surface area contributed by atoms with Crippen LogP contribution >= 0.6 is 0 Å². The van der Waals surface area contributed by atoms with E-state index in [1.54, 1.807) is 0 Å². The first-order chi connectivity index (χ1) is 12.2. The van der Waals surface area contributed by atoms with E-state index in [0.29, 0.717) is 6.42 Å². The molecule has 0 unspecified atom stereocenters. The van der Waals surface area contributed by atoms with E-state index < -0.39 is 0 Å². The lowest BCUT2D eigenvalue weighted by molar-refractivity contribution is 0.0778. The van der Waals surface area contributed by atoms with E-state index in [4.69, 9.17) is 4.74 Å². The van der Waals surface area contributed by atoms with Crippen LogP contribution in [0.5, 0.6) is 0 Å². The van der Waals surface area contributed by atoms with Crippen LogP contribution in [0, 0.1) is 5.92 Å². The number of ether oxygens (including phenoxy) is 1. The van der Waals surface area contributed by atoms with E-state index in [2.05, 4.69) is 6.58 Å². The van der Waals surface area contributed by atoms with Crippen molar-refractivity contribution in [2.24, 2.45) is 5.92 Å². The number of hydrogen-bond donors (Lipinski definition) is 1. The van der Waals surface area contributed by atoms with Gasteiger partial charge in [-0.15, -0.1) is 0 Å². The fourth-order valence-corrected chi connectivity index (χ4v) is 3.93. The second-order valence-corrected chi connectivity index (χ2v) is 6.70. The van der Waals surface area contributed by atoms with Gasteiger partial charge in [0, 0.05) is 12.0 Å². The highest BCUT2D eigenvalue weighted by Crippen LogP contribution is 2.49. The third-order valence-corrected chi connectivity index (χ3v) is 5.31. The third-order valence-electron chi connectivity index (χ3n) is 5.31. The summed E-state index contributed by atoms with van der Waals surface area (Å²) in [5, 5.41) is 9.67. The van der Waals surface area contributed by atoms with Crippen molar-refractivity contribution < 1.29 is 14.6 Å². The van der Waals surface area contributed by atoms with Crippen LogP contribution in [0.1, 0.15) is 29.7 Å². The molecule has 128 valence electrons. The molecule has 1 N–H and O–H groups in total. The Morgan fingerprint density at radius 1 is 1.04 bits per heavy atom. The molecule has 1 aliphatic carbocycles. The number of aliphatic hydroxyl groups is 1. The van der Waals surface area contributed by atoms with Crippen LogP contribution in [0.4, 0.5) is 4.79 Å². The minimum Gasteiger partial charge on any atom is -0.439 e. The van der Waals surface area contributed by atoms with Crippen LogP contribution in [0.2, 0.25) is 0 Å². The maximum absolute atomic E-state index is 12.7. The maximum atomic E-state index is 12.7. The molecule has 1 heterocycles. The first kappa shape index (κ1) is 15.9. The van der Waals surface area contributed by atoms with Crippen LogP contribution < -0.4 is 0 Å². The molecule has 4 heteroatoms. The second kappa shape index (κ2) is 6.37. The molecule has 0 radical (unpaired) electrons. The van der Waals surface area contributed by atoms with E-state index in [-0.39, 0.29) is 36.8 Å². The number of aliphatic hydroxyl groups excluding tert-OH is 1. The number of rotatable bonds is 4. The van der Waals surface area contributed by atoms with Crippen molar-refractivity contribution in [3.05, 3.63) is 83.9 Å². The van der Waals surface area contributed by atoms with Crippen LogP contribution in [0.25, 0.3) is 0 Å². The average molecular weight is 335 g/mol. The highest BCUT2D eigenvalue weighted by atomic mass is 16.6. The van der Waals surface area contributed by atoms with Gasteiger partial charge in [0.2, 0.25) is 0 Å². The van der Waals surface area contributed by atoms with Gasteiger partial charge in [-0.05, 0) is 17.5 Å². The van der Waals surface area contributed by atoms with E-state index in [1.165, 1.54) is 0 Å². The van der Waals surface area contributed by atoms with Gasteiger partial charge >= 0.3 is 6.09 Å². The van der Waals surface area contributed by atoms with Crippen molar-refractivity contribution in [2.75, 3.05) is 6.61 Å². The average Bonchev–Trinajstić information content (AvgIpc) is 2.98. The number of carbonyl (C=O) groups excluding carboxylic acids is 1. The molecular formula is C21H21NO3. The van der Waals surface area contributed by atoms with Crippen molar-refractivity contribution >= 4 is 6.09 Å². The molecule has 4 atom stereocenters. The van der Waals surface area contributed by atoms with Gasteiger partial charge in [-0.25, -0.2) is 4.79 Å². The molecule has 2 aromatic carbocycles. The zero-order valence-electron chi connectivity index (χ0n) is 13.9. The first-order valence-corrected chi connectivity index (χ1v) is 8.58. The molecule has 1 saturated carbocycles. The third kappa shape index (κ3) is 2.63. The monoisotopic (exact) mass is 335 g/mol. The molecule has 0 aromatic heterocycles. The molecule has 1 aliphatic heterocycles. The molecule has 2 aromatic rings. The van der Waals surface area contributed by atoms with Gasteiger partial charge < -0.3 is 9.84 Å². The lowest BCUT2D eigenvalue weighted by Crippen LogP contribution is -2.51. The molecule has 1 amide bonds. The Kier molecular flexibility index (Phi) is 4.06. The van der Waals surface area contributed by atoms with E-state index >= 15 is 0 Å². The second-order valence-electron chi connectivity index (χ2n) is 6.70. The minimum absolute atomic E-state index is 0.00476. The Labute approximate surface area is 147 Å². The SMILES string of the molecule is C=C1C[C@@H](N2C(=O)O[C@@H](c3ccccc3)[C@H]2c2ccccc2)[C@@H]1CO.